The molecule has 1 amide bonds. The van der Waals surface area contributed by atoms with Crippen molar-refractivity contribution in [2.24, 2.45) is 0 Å². The highest BCUT2D eigenvalue weighted by Crippen LogP contribution is 2.43. The van der Waals surface area contributed by atoms with Crippen LogP contribution in [0.1, 0.15) is 22.1 Å². The third-order valence-corrected chi connectivity index (χ3v) is 6.74. The average Bonchev–Trinajstić information content (AvgIpc) is 2.71. The number of hydrogen-bond acceptors (Lipinski definition) is 4. The molecule has 0 unspecified atom stereocenters. The van der Waals surface area contributed by atoms with Crippen molar-refractivity contribution in [3.8, 4) is 17.6 Å². The molecule has 0 aromatic heterocycles. The zero-order valence-corrected chi connectivity index (χ0v) is 16.1. The quantitative estimate of drug-likeness (QED) is 0.789. The summed E-state index contributed by atoms with van der Waals surface area (Å²) in [5.74, 6) is 8.93. The number of ether oxygens (including phenoxy) is 1. The maximum Gasteiger partial charge on any atom is 0.258 e. The van der Waals surface area contributed by atoms with Crippen molar-refractivity contribution in [2.45, 2.75) is 11.0 Å². The summed E-state index contributed by atoms with van der Waals surface area (Å²) in [5, 5.41) is 2.74. The lowest BCUT2D eigenvalue weighted by Crippen LogP contribution is -2.29. The van der Waals surface area contributed by atoms with Gasteiger partial charge in [0.05, 0.1) is 11.1 Å². The van der Waals surface area contributed by atoms with Gasteiger partial charge < -0.3 is 10.1 Å². The minimum Gasteiger partial charge on any atom is -0.484 e. The van der Waals surface area contributed by atoms with Gasteiger partial charge in [-0.3, -0.25) is 4.79 Å². The van der Waals surface area contributed by atoms with Gasteiger partial charge in [-0.15, -0.1) is 23.5 Å². The Kier molecular flexibility index (Phi) is 7.36. The minimum atomic E-state index is -0.171. The Morgan fingerprint density at radius 1 is 1.08 bits per heavy atom. The standard InChI is InChI=1S/C21H21NO2S2/c23-20(22-13-4-8-17-6-2-1-3-7-17)16-24-19-11-9-18(10-12-19)21-25-14-5-15-26-21/h1-3,6-7,9-12,21H,5,13-16H2,(H,22,23). The largest absolute Gasteiger partial charge is 0.484 e. The molecule has 1 aliphatic rings. The molecule has 1 aliphatic heterocycles. The van der Waals surface area contributed by atoms with Gasteiger partial charge in [-0.2, -0.15) is 0 Å². The van der Waals surface area contributed by atoms with Crippen molar-refractivity contribution in [2.75, 3.05) is 24.7 Å². The molecule has 1 heterocycles. The van der Waals surface area contributed by atoms with Crippen molar-refractivity contribution in [1.29, 1.82) is 0 Å². The van der Waals surface area contributed by atoms with Crippen molar-refractivity contribution < 1.29 is 9.53 Å². The van der Waals surface area contributed by atoms with E-state index in [1.165, 1.54) is 23.5 Å². The van der Waals surface area contributed by atoms with Gasteiger partial charge in [0.15, 0.2) is 6.61 Å². The summed E-state index contributed by atoms with van der Waals surface area (Å²) in [6.45, 7) is 0.311. The first kappa shape index (κ1) is 18.8. The molecule has 134 valence electrons. The number of benzene rings is 2. The second-order valence-electron chi connectivity index (χ2n) is 5.73. The first-order valence-electron chi connectivity index (χ1n) is 8.58. The summed E-state index contributed by atoms with van der Waals surface area (Å²) in [6.07, 6.45) is 1.29. The number of carbonyl (C=O) groups excluding carboxylic acids is 1. The highest BCUT2D eigenvalue weighted by Gasteiger charge is 2.16. The van der Waals surface area contributed by atoms with Crippen molar-refractivity contribution >= 4 is 29.4 Å². The van der Waals surface area contributed by atoms with Crippen LogP contribution >= 0.6 is 23.5 Å². The third-order valence-electron chi connectivity index (χ3n) is 3.73. The Morgan fingerprint density at radius 2 is 1.81 bits per heavy atom. The molecule has 2 aromatic carbocycles. The van der Waals surface area contributed by atoms with Crippen LogP contribution in [0.3, 0.4) is 0 Å². The molecule has 0 saturated carbocycles. The predicted octanol–water partition coefficient (Wildman–Crippen LogP) is 4.10. The average molecular weight is 384 g/mol. The number of hydrogen-bond donors (Lipinski definition) is 1. The van der Waals surface area contributed by atoms with E-state index in [2.05, 4.69) is 29.3 Å². The smallest absolute Gasteiger partial charge is 0.258 e. The van der Waals surface area contributed by atoms with Gasteiger partial charge in [-0.05, 0) is 47.8 Å². The van der Waals surface area contributed by atoms with Crippen LogP contribution < -0.4 is 10.1 Å². The van der Waals surface area contributed by atoms with E-state index >= 15 is 0 Å². The molecular formula is C21H21NO2S2. The fraction of sp³-hybridized carbons (Fsp3) is 0.286. The van der Waals surface area contributed by atoms with Gasteiger partial charge in [0.2, 0.25) is 0 Å². The van der Waals surface area contributed by atoms with Gasteiger partial charge in [0.25, 0.3) is 5.91 Å². The lowest BCUT2D eigenvalue weighted by atomic mass is 10.2. The van der Waals surface area contributed by atoms with Crippen LogP contribution in [0.4, 0.5) is 0 Å². The van der Waals surface area contributed by atoms with Gasteiger partial charge in [-0.25, -0.2) is 0 Å². The second-order valence-corrected chi connectivity index (χ2v) is 8.45. The number of carbonyl (C=O) groups is 1. The molecule has 0 bridgehead atoms. The Balaban J connectivity index is 1.39. The van der Waals surface area contributed by atoms with Gasteiger partial charge >= 0.3 is 0 Å². The normalized spacial score (nSPS) is 14.2. The monoisotopic (exact) mass is 383 g/mol. The molecule has 1 fully saturated rings. The van der Waals surface area contributed by atoms with Crippen LogP contribution in [0.15, 0.2) is 54.6 Å². The Morgan fingerprint density at radius 3 is 2.54 bits per heavy atom. The van der Waals surface area contributed by atoms with E-state index in [0.29, 0.717) is 16.9 Å². The Hall–Kier alpha value is -2.03. The van der Waals surface area contributed by atoms with E-state index in [1.54, 1.807) is 0 Å². The summed E-state index contributed by atoms with van der Waals surface area (Å²) >= 11 is 3.99. The summed E-state index contributed by atoms with van der Waals surface area (Å²) in [7, 11) is 0. The first-order valence-corrected chi connectivity index (χ1v) is 10.7. The minimum absolute atomic E-state index is 0.000702. The van der Waals surface area contributed by atoms with E-state index in [-0.39, 0.29) is 12.5 Å². The van der Waals surface area contributed by atoms with Crippen molar-refractivity contribution in [3.63, 3.8) is 0 Å². The second kappa shape index (κ2) is 10.2. The van der Waals surface area contributed by atoms with E-state index in [0.717, 1.165) is 5.56 Å². The van der Waals surface area contributed by atoms with Crippen molar-refractivity contribution in [3.05, 3.63) is 65.7 Å². The van der Waals surface area contributed by atoms with Gasteiger partial charge in [-0.1, -0.05) is 42.2 Å². The molecule has 3 nitrogen and oxygen atoms in total. The molecule has 0 atom stereocenters. The fourth-order valence-electron chi connectivity index (χ4n) is 2.41. The summed E-state index contributed by atoms with van der Waals surface area (Å²) in [4.78, 5) is 11.8. The molecule has 0 spiro atoms. The van der Waals surface area contributed by atoms with Crippen LogP contribution in [-0.2, 0) is 4.79 Å². The first-order chi connectivity index (χ1) is 12.8. The molecular weight excluding hydrogens is 362 g/mol. The van der Waals surface area contributed by atoms with Crippen molar-refractivity contribution in [1.82, 2.24) is 5.32 Å². The molecule has 5 heteroatoms. The molecule has 2 aromatic rings. The molecule has 3 rings (SSSR count). The third kappa shape index (κ3) is 6.05. The molecule has 1 N–H and O–H groups in total. The number of rotatable bonds is 5. The van der Waals surface area contributed by atoms with E-state index < -0.39 is 0 Å². The van der Waals surface area contributed by atoms with Crippen LogP contribution in [-0.4, -0.2) is 30.6 Å². The molecule has 26 heavy (non-hydrogen) atoms. The van der Waals surface area contributed by atoms with E-state index in [9.17, 15) is 4.79 Å². The summed E-state index contributed by atoms with van der Waals surface area (Å²) in [5.41, 5.74) is 2.25. The molecule has 1 saturated heterocycles. The van der Waals surface area contributed by atoms with Crippen LogP contribution in [0.5, 0.6) is 5.75 Å². The maximum atomic E-state index is 11.8. The Bertz CT molecular complexity index is 760. The SMILES string of the molecule is O=C(COc1ccc(C2SCCCS2)cc1)NCC#Cc1ccccc1. The van der Waals surface area contributed by atoms with Crippen LogP contribution in [0.25, 0.3) is 0 Å². The van der Waals surface area contributed by atoms with E-state index in [1.807, 2.05) is 66.0 Å². The lowest BCUT2D eigenvalue weighted by Gasteiger charge is -2.21. The topological polar surface area (TPSA) is 38.3 Å². The molecule has 0 aliphatic carbocycles. The molecule has 0 radical (unpaired) electrons. The number of thioether (sulfide) groups is 2. The zero-order chi connectivity index (χ0) is 18.0. The van der Waals surface area contributed by atoms with Crippen LogP contribution in [0.2, 0.25) is 0 Å². The maximum absolute atomic E-state index is 11.8. The van der Waals surface area contributed by atoms with E-state index in [4.69, 9.17) is 4.74 Å². The number of nitrogens with one attached hydrogen (secondary N) is 1. The zero-order valence-electron chi connectivity index (χ0n) is 14.4. The van der Waals surface area contributed by atoms with Gasteiger partial charge in [0.1, 0.15) is 5.75 Å². The number of amides is 1. The fourth-order valence-corrected chi connectivity index (χ4v) is 5.31. The highest BCUT2D eigenvalue weighted by molar-refractivity contribution is 8.16. The lowest BCUT2D eigenvalue weighted by molar-refractivity contribution is -0.122. The Labute approximate surface area is 163 Å². The summed E-state index contributed by atoms with van der Waals surface area (Å²) < 4.78 is 6.07. The predicted molar refractivity (Wildman–Crippen MR) is 111 cm³/mol. The summed E-state index contributed by atoms with van der Waals surface area (Å²) in [6, 6.07) is 17.8. The van der Waals surface area contributed by atoms with Gasteiger partial charge in [0, 0.05) is 5.56 Å². The highest BCUT2D eigenvalue weighted by atomic mass is 32.2. The van der Waals surface area contributed by atoms with Crippen LogP contribution in [0, 0.1) is 11.8 Å².